The Labute approximate surface area is 126 Å². The van der Waals surface area contributed by atoms with E-state index in [-0.39, 0.29) is 29.7 Å². The van der Waals surface area contributed by atoms with Crippen LogP contribution in [-0.2, 0) is 9.59 Å². The largest absolute Gasteiger partial charge is 0.481 e. The Bertz CT molecular complexity index is 472. The highest BCUT2D eigenvalue weighted by molar-refractivity contribution is 5.87. The summed E-state index contributed by atoms with van der Waals surface area (Å²) < 4.78 is 0. The average Bonchev–Trinajstić information content (AvgIpc) is 3.01. The van der Waals surface area contributed by atoms with E-state index in [4.69, 9.17) is 0 Å². The van der Waals surface area contributed by atoms with E-state index in [1.54, 1.807) is 0 Å². The van der Waals surface area contributed by atoms with Gasteiger partial charge in [-0.25, -0.2) is 0 Å². The third kappa shape index (κ3) is 2.72. The fraction of sp³-hybridized carbons (Fsp3) is 0.765. The number of carbonyl (C=O) groups excluding carboxylic acids is 1. The molecule has 3 rings (SSSR count). The molecule has 4 heteroatoms. The highest BCUT2D eigenvalue weighted by Gasteiger charge is 2.51. The van der Waals surface area contributed by atoms with Crippen molar-refractivity contribution in [1.29, 1.82) is 0 Å². The number of aliphatic carboxylic acids is 1. The predicted molar refractivity (Wildman–Crippen MR) is 79.5 cm³/mol. The van der Waals surface area contributed by atoms with Crippen molar-refractivity contribution in [3.63, 3.8) is 0 Å². The van der Waals surface area contributed by atoms with Crippen LogP contribution in [-0.4, -0.2) is 23.0 Å². The summed E-state index contributed by atoms with van der Waals surface area (Å²) in [5.41, 5.74) is 0.375. The summed E-state index contributed by atoms with van der Waals surface area (Å²) in [4.78, 5) is 24.0. The van der Waals surface area contributed by atoms with Gasteiger partial charge >= 0.3 is 5.97 Å². The molecule has 2 bridgehead atoms. The van der Waals surface area contributed by atoms with E-state index < -0.39 is 11.9 Å². The molecule has 0 spiro atoms. The van der Waals surface area contributed by atoms with Crippen LogP contribution in [0.15, 0.2) is 12.2 Å². The molecular weight excluding hydrogens is 266 g/mol. The summed E-state index contributed by atoms with van der Waals surface area (Å²) in [5.74, 6) is -1.59. The smallest absolute Gasteiger partial charge is 0.307 e. The summed E-state index contributed by atoms with van der Waals surface area (Å²) in [6.45, 7) is 4.54. The lowest BCUT2D eigenvalue weighted by Crippen LogP contribution is -2.46. The highest BCUT2D eigenvalue weighted by Crippen LogP contribution is 2.48. The molecule has 0 heterocycles. The minimum atomic E-state index is -0.822. The van der Waals surface area contributed by atoms with Crippen molar-refractivity contribution in [1.82, 2.24) is 5.32 Å². The van der Waals surface area contributed by atoms with Crippen LogP contribution >= 0.6 is 0 Å². The number of carboxylic acid groups (broad SMARTS) is 1. The van der Waals surface area contributed by atoms with Crippen molar-refractivity contribution < 1.29 is 14.7 Å². The van der Waals surface area contributed by atoms with Crippen molar-refractivity contribution in [2.45, 2.75) is 52.0 Å². The van der Waals surface area contributed by atoms with Gasteiger partial charge < -0.3 is 10.4 Å². The molecule has 4 unspecified atom stereocenters. The molecule has 0 aromatic rings. The number of amides is 1. The molecule has 0 saturated heterocycles. The Morgan fingerprint density at radius 3 is 2.24 bits per heavy atom. The quantitative estimate of drug-likeness (QED) is 0.785. The maximum absolute atomic E-state index is 12.6. The maximum atomic E-state index is 12.6. The Balaban J connectivity index is 1.63. The zero-order chi connectivity index (χ0) is 15.2. The third-order valence-corrected chi connectivity index (χ3v) is 5.73. The first-order chi connectivity index (χ1) is 9.87. The second kappa shape index (κ2) is 5.15. The topological polar surface area (TPSA) is 66.4 Å². The van der Waals surface area contributed by atoms with Crippen LogP contribution in [0.5, 0.6) is 0 Å². The molecule has 0 radical (unpaired) electrons. The van der Waals surface area contributed by atoms with Gasteiger partial charge in [-0.05, 0) is 49.4 Å². The molecule has 0 aromatic heterocycles. The van der Waals surface area contributed by atoms with Crippen LogP contribution in [0.3, 0.4) is 0 Å². The minimum Gasteiger partial charge on any atom is -0.481 e. The third-order valence-electron chi connectivity index (χ3n) is 5.73. The number of nitrogens with one attached hydrogen (secondary N) is 1. The Kier molecular flexibility index (Phi) is 3.58. The van der Waals surface area contributed by atoms with Gasteiger partial charge in [0.2, 0.25) is 5.91 Å². The van der Waals surface area contributed by atoms with E-state index in [0.717, 1.165) is 32.1 Å². The lowest BCUT2D eigenvalue weighted by atomic mass is 9.75. The first-order valence-corrected chi connectivity index (χ1v) is 8.09. The molecule has 0 aromatic carbocycles. The van der Waals surface area contributed by atoms with Gasteiger partial charge in [0.25, 0.3) is 0 Å². The number of rotatable bonds is 3. The van der Waals surface area contributed by atoms with Gasteiger partial charge in [0.15, 0.2) is 0 Å². The normalized spacial score (nSPS) is 37.6. The number of hydrogen-bond acceptors (Lipinski definition) is 2. The van der Waals surface area contributed by atoms with Crippen molar-refractivity contribution in [3.05, 3.63) is 12.2 Å². The first kappa shape index (κ1) is 14.6. The molecule has 116 valence electrons. The maximum Gasteiger partial charge on any atom is 0.307 e. The van der Waals surface area contributed by atoms with Crippen LogP contribution in [0.2, 0.25) is 0 Å². The monoisotopic (exact) mass is 291 g/mol. The Morgan fingerprint density at radius 2 is 1.67 bits per heavy atom. The fourth-order valence-corrected chi connectivity index (χ4v) is 4.36. The molecule has 4 atom stereocenters. The van der Waals surface area contributed by atoms with E-state index in [2.05, 4.69) is 19.2 Å². The van der Waals surface area contributed by atoms with Crippen molar-refractivity contribution in [2.24, 2.45) is 29.1 Å². The van der Waals surface area contributed by atoms with Gasteiger partial charge in [0.05, 0.1) is 11.8 Å². The van der Waals surface area contributed by atoms with E-state index >= 15 is 0 Å². The van der Waals surface area contributed by atoms with Gasteiger partial charge in [-0.15, -0.1) is 0 Å². The van der Waals surface area contributed by atoms with Gasteiger partial charge in [-0.3, -0.25) is 9.59 Å². The van der Waals surface area contributed by atoms with Crippen LogP contribution < -0.4 is 5.32 Å². The van der Waals surface area contributed by atoms with Gasteiger partial charge in [-0.2, -0.15) is 0 Å². The molecule has 2 saturated carbocycles. The molecule has 21 heavy (non-hydrogen) atoms. The number of hydrogen-bond donors (Lipinski definition) is 2. The summed E-state index contributed by atoms with van der Waals surface area (Å²) in [6, 6.07) is 0.225. The van der Waals surface area contributed by atoms with E-state index in [1.807, 2.05) is 12.2 Å². The number of fused-ring (bicyclic) bond motifs is 2. The second-order valence-corrected chi connectivity index (χ2v) is 7.79. The van der Waals surface area contributed by atoms with Crippen molar-refractivity contribution >= 4 is 11.9 Å². The molecular formula is C17H25NO3. The van der Waals surface area contributed by atoms with Gasteiger partial charge in [0.1, 0.15) is 0 Å². The number of allylic oxidation sites excluding steroid dienone is 2. The van der Waals surface area contributed by atoms with E-state index in [1.165, 1.54) is 0 Å². The summed E-state index contributed by atoms with van der Waals surface area (Å²) in [7, 11) is 0. The van der Waals surface area contributed by atoms with Gasteiger partial charge in [0, 0.05) is 6.04 Å². The van der Waals surface area contributed by atoms with Crippen molar-refractivity contribution in [2.75, 3.05) is 0 Å². The summed E-state index contributed by atoms with van der Waals surface area (Å²) in [6.07, 6.45) is 9.11. The van der Waals surface area contributed by atoms with Crippen LogP contribution in [0.25, 0.3) is 0 Å². The average molecular weight is 291 g/mol. The summed E-state index contributed by atoms with van der Waals surface area (Å²) in [5, 5.41) is 12.5. The Hall–Kier alpha value is -1.32. The molecule has 2 N–H and O–H groups in total. The second-order valence-electron chi connectivity index (χ2n) is 7.79. The number of carboxylic acids is 1. The molecule has 4 nitrogen and oxygen atoms in total. The molecule has 1 amide bonds. The lowest BCUT2D eigenvalue weighted by molar-refractivity contribution is -0.148. The molecule has 0 aliphatic heterocycles. The minimum absolute atomic E-state index is 0.0380. The highest BCUT2D eigenvalue weighted by atomic mass is 16.4. The molecule has 3 aliphatic rings. The fourth-order valence-electron chi connectivity index (χ4n) is 4.36. The zero-order valence-electron chi connectivity index (χ0n) is 12.8. The van der Waals surface area contributed by atoms with E-state index in [9.17, 15) is 14.7 Å². The van der Waals surface area contributed by atoms with Crippen LogP contribution in [0.4, 0.5) is 0 Å². The van der Waals surface area contributed by atoms with Crippen LogP contribution in [0.1, 0.15) is 46.0 Å². The standard InChI is InChI=1S/C17H25NO3/c1-17(2)7-5-12(6-8-17)18-15(19)13-10-3-4-11(9-10)14(13)16(20)21/h3-4,10-14H,5-9H2,1-2H3,(H,18,19)(H,20,21). The SMILES string of the molecule is CC1(C)CCC(NC(=O)C2C3C=CC(C3)C2C(=O)O)CC1. The predicted octanol–water partition coefficient (Wildman–Crippen LogP) is 2.59. The lowest BCUT2D eigenvalue weighted by Gasteiger charge is -2.35. The van der Waals surface area contributed by atoms with E-state index in [0.29, 0.717) is 5.41 Å². The first-order valence-electron chi connectivity index (χ1n) is 8.09. The molecule has 3 aliphatic carbocycles. The molecule has 2 fully saturated rings. The zero-order valence-corrected chi connectivity index (χ0v) is 12.8. The summed E-state index contributed by atoms with van der Waals surface area (Å²) >= 11 is 0. The Morgan fingerprint density at radius 1 is 1.10 bits per heavy atom. The van der Waals surface area contributed by atoms with Crippen LogP contribution in [0, 0.1) is 29.1 Å². The number of carbonyl (C=O) groups is 2. The van der Waals surface area contributed by atoms with Gasteiger partial charge in [-0.1, -0.05) is 26.0 Å². The van der Waals surface area contributed by atoms with Crippen molar-refractivity contribution in [3.8, 4) is 0 Å².